The summed E-state index contributed by atoms with van der Waals surface area (Å²) in [5, 5.41) is 26.1. The van der Waals surface area contributed by atoms with E-state index in [0.717, 1.165) is 10.9 Å². The van der Waals surface area contributed by atoms with Gasteiger partial charge >= 0.3 is 16.4 Å². The first-order valence-electron chi connectivity index (χ1n) is 21.4. The monoisotopic (exact) mass is 980 g/mol. The maximum absolute atomic E-state index is 14.1. The van der Waals surface area contributed by atoms with Gasteiger partial charge in [0.1, 0.15) is 36.0 Å². The number of para-hydroxylation sites is 1. The predicted molar refractivity (Wildman–Crippen MR) is 251 cm³/mol. The molecular weight excluding hydrogens is 925 g/mol. The highest BCUT2D eigenvalue weighted by molar-refractivity contribution is 7.98. The number of carboxylic acids is 1. The molecule has 0 saturated heterocycles. The van der Waals surface area contributed by atoms with Gasteiger partial charge in [-0.25, -0.2) is 0 Å². The van der Waals surface area contributed by atoms with Gasteiger partial charge < -0.3 is 51.9 Å². The van der Waals surface area contributed by atoms with Gasteiger partial charge in [0, 0.05) is 56.3 Å². The first-order valence-corrected chi connectivity index (χ1v) is 24.2. The van der Waals surface area contributed by atoms with E-state index in [1.807, 2.05) is 24.3 Å². The Hall–Kier alpha value is -6.98. The predicted octanol–water partition coefficient (Wildman–Crippen LogP) is 0.821. The van der Waals surface area contributed by atoms with Crippen molar-refractivity contribution in [2.24, 2.45) is 5.73 Å². The third-order valence-corrected chi connectivity index (χ3v) is 11.4. The summed E-state index contributed by atoms with van der Waals surface area (Å²) in [6, 6.07) is 15.0. The number of H-pyrrole nitrogens is 1. The van der Waals surface area contributed by atoms with E-state index in [4.69, 9.17) is 10.3 Å². The summed E-state index contributed by atoms with van der Waals surface area (Å²) in [5.41, 5.74) is 8.23. The molecule has 1 aromatic heterocycles. The van der Waals surface area contributed by atoms with Gasteiger partial charge in [0.05, 0.1) is 6.42 Å². The normalized spacial score (nSPS) is 13.4. The number of rotatable bonds is 28. The molecule has 1 heterocycles. The quantitative estimate of drug-likeness (QED) is 0.0279. The van der Waals surface area contributed by atoms with E-state index in [2.05, 4.69) is 41.1 Å². The minimum Gasteiger partial charge on any atom is -0.481 e. The number of hydrogen-bond donors (Lipinski definition) is 10. The summed E-state index contributed by atoms with van der Waals surface area (Å²) in [7, 11) is -4.73. The Morgan fingerprint density at radius 1 is 0.706 bits per heavy atom. The minimum atomic E-state index is -4.73. The fourth-order valence-corrected chi connectivity index (χ4v) is 7.84. The van der Waals surface area contributed by atoms with Crippen LogP contribution in [0.2, 0.25) is 0 Å². The highest BCUT2D eigenvalue weighted by Crippen LogP contribution is 2.20. The number of hydrogen-bond acceptors (Lipinski definition) is 12. The van der Waals surface area contributed by atoms with Crippen LogP contribution in [0.5, 0.6) is 5.75 Å². The van der Waals surface area contributed by atoms with Crippen LogP contribution in [-0.2, 0) is 68.0 Å². The van der Waals surface area contributed by atoms with Crippen LogP contribution >= 0.6 is 11.8 Å². The smallest absolute Gasteiger partial charge is 0.446 e. The van der Waals surface area contributed by atoms with Crippen molar-refractivity contribution in [2.75, 3.05) is 18.6 Å². The number of aromatic nitrogens is 1. The van der Waals surface area contributed by atoms with Crippen molar-refractivity contribution in [1.29, 1.82) is 0 Å². The van der Waals surface area contributed by atoms with Gasteiger partial charge in [-0.1, -0.05) is 60.7 Å². The molecule has 3 aromatic carbocycles. The SMILES string of the molecule is CSCC[C@H](NC(=O)[C@H](Cc1c[nH]c2ccccc12)NC(=O)CCCCNC(=O)[C@H](Cc1ccc(OS(=O)(=O)O)cc1)NC(C)=O)C(=O)N[C@@H](CC(=O)O)C(=O)N[C@@H](Cc1ccccc1)C(N)=O. The van der Waals surface area contributed by atoms with E-state index in [0.29, 0.717) is 28.9 Å². The average Bonchev–Trinajstić information content (AvgIpc) is 3.69. The van der Waals surface area contributed by atoms with Crippen LogP contribution in [0.4, 0.5) is 0 Å². The Balaban J connectivity index is 1.41. The molecule has 366 valence electrons. The van der Waals surface area contributed by atoms with E-state index in [9.17, 15) is 51.9 Å². The zero-order chi connectivity index (χ0) is 49.8. The molecule has 0 unspecified atom stereocenters. The number of carboxylic acid groups (broad SMARTS) is 1. The van der Waals surface area contributed by atoms with Gasteiger partial charge in [-0.3, -0.25) is 42.9 Å². The summed E-state index contributed by atoms with van der Waals surface area (Å²) in [6.07, 6.45) is 3.22. The molecule has 0 bridgehead atoms. The van der Waals surface area contributed by atoms with Gasteiger partial charge in [0.2, 0.25) is 41.4 Å². The molecule has 0 aliphatic rings. The lowest BCUT2D eigenvalue weighted by molar-refractivity contribution is -0.141. The molecule has 4 rings (SSSR count). The Bertz CT molecular complexity index is 2510. The molecule has 5 atom stereocenters. The number of amides is 7. The summed E-state index contributed by atoms with van der Waals surface area (Å²) in [5.74, 6) is -6.22. The Morgan fingerprint density at radius 2 is 1.29 bits per heavy atom. The van der Waals surface area contributed by atoms with Crippen molar-refractivity contribution < 1.29 is 60.6 Å². The molecule has 23 heteroatoms. The number of nitrogens with one attached hydrogen (secondary N) is 7. The van der Waals surface area contributed by atoms with Crippen molar-refractivity contribution >= 4 is 80.4 Å². The van der Waals surface area contributed by atoms with Gasteiger partial charge in [-0.15, -0.1) is 0 Å². The third-order valence-electron chi connectivity index (χ3n) is 10.3. The lowest BCUT2D eigenvalue weighted by atomic mass is 10.0. The second kappa shape index (κ2) is 26.4. The Labute approximate surface area is 396 Å². The number of carbonyl (C=O) groups excluding carboxylic acids is 7. The number of unbranched alkanes of at least 4 members (excludes halogenated alkanes) is 1. The van der Waals surface area contributed by atoms with Gasteiger partial charge in [-0.2, -0.15) is 20.2 Å². The molecule has 21 nitrogen and oxygen atoms in total. The second-order valence-electron chi connectivity index (χ2n) is 15.7. The topological polar surface area (TPSA) is 334 Å². The second-order valence-corrected chi connectivity index (χ2v) is 17.7. The molecule has 0 radical (unpaired) electrons. The van der Waals surface area contributed by atoms with Crippen LogP contribution in [0.1, 0.15) is 55.7 Å². The molecular formula is C45H56N8O13S2. The van der Waals surface area contributed by atoms with E-state index < -0.39 is 94.3 Å². The van der Waals surface area contributed by atoms with Gasteiger partial charge in [0.25, 0.3) is 0 Å². The van der Waals surface area contributed by atoms with Gasteiger partial charge in [-0.05, 0) is 66.2 Å². The molecule has 0 saturated carbocycles. The number of nitrogens with two attached hydrogens (primary N) is 1. The van der Waals surface area contributed by atoms with Crippen molar-refractivity contribution in [3.05, 3.63) is 102 Å². The summed E-state index contributed by atoms with van der Waals surface area (Å²) in [6.45, 7) is 1.36. The number of aliphatic carboxylic acids is 1. The molecule has 68 heavy (non-hydrogen) atoms. The third kappa shape index (κ3) is 18.4. The van der Waals surface area contributed by atoms with Crippen LogP contribution < -0.4 is 41.8 Å². The number of carbonyl (C=O) groups is 8. The standard InChI is InChI=1S/C45H56N8O13S2/c1-27(54)49-36(23-29-15-17-31(18-16-29)66-68(63,64)65)42(59)47-20-9-8-14-39(55)50-37(24-30-26-48-33-13-7-6-12-32(30)33)44(61)51-34(19-21-67-2)43(60)53-38(25-40(56)57)45(62)52-35(41(46)58)22-28-10-4-3-5-11-28/h3-7,10-13,15-18,26,34-38,48H,8-9,14,19-25H2,1-2H3,(H2,46,58)(H,47,59)(H,49,54)(H,50,55)(H,51,61)(H,52,62)(H,53,60)(H,56,57)(H,63,64,65)/t34-,35-,36-,37-,38-/m0/s1. The maximum Gasteiger partial charge on any atom is 0.446 e. The summed E-state index contributed by atoms with van der Waals surface area (Å²) in [4.78, 5) is 107. The number of aromatic amines is 1. The number of benzene rings is 3. The van der Waals surface area contributed by atoms with Crippen LogP contribution in [0.15, 0.2) is 85.1 Å². The molecule has 11 N–H and O–H groups in total. The molecule has 0 aliphatic carbocycles. The van der Waals surface area contributed by atoms with Crippen molar-refractivity contribution in [3.63, 3.8) is 0 Å². The van der Waals surface area contributed by atoms with E-state index in [-0.39, 0.29) is 50.8 Å². The van der Waals surface area contributed by atoms with Crippen LogP contribution in [-0.4, -0.2) is 119 Å². The number of primary amides is 1. The first-order chi connectivity index (χ1) is 32.3. The fourth-order valence-electron chi connectivity index (χ4n) is 7.01. The Morgan fingerprint density at radius 3 is 1.94 bits per heavy atom. The molecule has 7 amide bonds. The summed E-state index contributed by atoms with van der Waals surface area (Å²) >= 11 is 1.37. The highest BCUT2D eigenvalue weighted by atomic mass is 32.3. The maximum atomic E-state index is 14.1. The van der Waals surface area contributed by atoms with E-state index in [1.54, 1.807) is 42.8 Å². The van der Waals surface area contributed by atoms with Crippen LogP contribution in [0.25, 0.3) is 10.9 Å². The molecule has 0 fully saturated rings. The number of fused-ring (bicyclic) bond motifs is 1. The molecule has 4 aromatic rings. The zero-order valence-electron chi connectivity index (χ0n) is 37.3. The first kappa shape index (κ1) is 53.6. The summed E-state index contributed by atoms with van der Waals surface area (Å²) < 4.78 is 35.3. The van der Waals surface area contributed by atoms with Gasteiger partial charge in [0.15, 0.2) is 0 Å². The molecule has 0 spiro atoms. The Kier molecular flexibility index (Phi) is 20.8. The van der Waals surface area contributed by atoms with Crippen LogP contribution in [0, 0.1) is 0 Å². The van der Waals surface area contributed by atoms with Crippen molar-refractivity contribution in [3.8, 4) is 5.75 Å². The van der Waals surface area contributed by atoms with Crippen LogP contribution in [0.3, 0.4) is 0 Å². The minimum absolute atomic E-state index is 0.00410. The van der Waals surface area contributed by atoms with E-state index in [1.165, 1.54) is 43.0 Å². The molecule has 0 aliphatic heterocycles. The fraction of sp³-hybridized carbons (Fsp3) is 0.378. The highest BCUT2D eigenvalue weighted by Gasteiger charge is 2.32. The van der Waals surface area contributed by atoms with Crippen molar-refractivity contribution in [1.82, 2.24) is 36.9 Å². The lowest BCUT2D eigenvalue weighted by Crippen LogP contribution is -2.59. The number of thioether (sulfide) groups is 1. The average molecular weight is 981 g/mol. The lowest BCUT2D eigenvalue weighted by Gasteiger charge is -2.26. The zero-order valence-corrected chi connectivity index (χ0v) is 39.0. The largest absolute Gasteiger partial charge is 0.481 e. The van der Waals surface area contributed by atoms with E-state index >= 15 is 0 Å². The van der Waals surface area contributed by atoms with Crippen molar-refractivity contribution in [2.45, 2.75) is 88.5 Å².